The SMILES string of the molecule is O=C(O)CCC1CCN(C(=O)c2cncc(Cl)n2)C1. The summed E-state index contributed by atoms with van der Waals surface area (Å²) in [6, 6.07) is 0. The second-order valence-electron chi connectivity index (χ2n) is 4.57. The molecule has 0 aliphatic carbocycles. The summed E-state index contributed by atoms with van der Waals surface area (Å²) in [6.07, 6.45) is 4.33. The number of carboxylic acid groups (broad SMARTS) is 1. The van der Waals surface area contributed by atoms with Crippen LogP contribution in [0, 0.1) is 5.92 Å². The lowest BCUT2D eigenvalue weighted by Gasteiger charge is -2.15. The summed E-state index contributed by atoms with van der Waals surface area (Å²) >= 11 is 5.70. The van der Waals surface area contributed by atoms with Crippen LogP contribution in [0.4, 0.5) is 0 Å². The van der Waals surface area contributed by atoms with Crippen molar-refractivity contribution in [3.05, 3.63) is 23.2 Å². The fraction of sp³-hybridized carbons (Fsp3) is 0.500. The molecule has 2 rings (SSSR count). The number of nitrogens with zero attached hydrogens (tertiary/aromatic N) is 3. The molecule has 1 aliphatic rings. The molecule has 2 heterocycles. The van der Waals surface area contributed by atoms with Crippen molar-refractivity contribution in [1.82, 2.24) is 14.9 Å². The van der Waals surface area contributed by atoms with Gasteiger partial charge in [0.25, 0.3) is 5.91 Å². The Bertz CT molecular complexity index is 495. The zero-order valence-electron chi connectivity index (χ0n) is 10.3. The van der Waals surface area contributed by atoms with Crippen molar-refractivity contribution in [1.29, 1.82) is 0 Å². The number of aliphatic carboxylic acids is 1. The highest BCUT2D eigenvalue weighted by molar-refractivity contribution is 6.29. The first-order valence-corrected chi connectivity index (χ1v) is 6.42. The van der Waals surface area contributed by atoms with Gasteiger partial charge in [-0.3, -0.25) is 14.6 Å². The minimum Gasteiger partial charge on any atom is -0.481 e. The maximum Gasteiger partial charge on any atom is 0.303 e. The first-order chi connectivity index (χ1) is 9.06. The predicted molar refractivity (Wildman–Crippen MR) is 67.9 cm³/mol. The molecule has 1 saturated heterocycles. The average molecular weight is 284 g/mol. The Labute approximate surface area is 115 Å². The summed E-state index contributed by atoms with van der Waals surface area (Å²) in [6.45, 7) is 1.19. The van der Waals surface area contributed by atoms with Crippen molar-refractivity contribution >= 4 is 23.5 Å². The molecule has 7 heteroatoms. The minimum atomic E-state index is -0.800. The van der Waals surface area contributed by atoms with Crippen LogP contribution < -0.4 is 0 Å². The van der Waals surface area contributed by atoms with E-state index < -0.39 is 5.97 Å². The summed E-state index contributed by atoms with van der Waals surface area (Å²) in [5.74, 6) is -0.759. The molecule has 6 nitrogen and oxygen atoms in total. The van der Waals surface area contributed by atoms with Gasteiger partial charge in [-0.15, -0.1) is 0 Å². The third-order valence-corrected chi connectivity index (χ3v) is 3.35. The number of hydrogen-bond acceptors (Lipinski definition) is 4. The third-order valence-electron chi connectivity index (χ3n) is 3.16. The lowest BCUT2D eigenvalue weighted by atomic mass is 10.0. The van der Waals surface area contributed by atoms with Crippen molar-refractivity contribution in [3.8, 4) is 0 Å². The largest absolute Gasteiger partial charge is 0.481 e. The highest BCUT2D eigenvalue weighted by atomic mass is 35.5. The Hall–Kier alpha value is -1.69. The molecule has 1 aromatic heterocycles. The number of amides is 1. The molecule has 1 atom stereocenters. The van der Waals surface area contributed by atoms with Gasteiger partial charge in [-0.2, -0.15) is 0 Å². The second kappa shape index (κ2) is 5.97. The molecular formula is C12H14ClN3O3. The topological polar surface area (TPSA) is 83.4 Å². The number of rotatable bonds is 4. The summed E-state index contributed by atoms with van der Waals surface area (Å²) in [5, 5.41) is 8.83. The quantitative estimate of drug-likeness (QED) is 0.904. The molecule has 0 aromatic carbocycles. The van der Waals surface area contributed by atoms with Gasteiger partial charge >= 0.3 is 5.97 Å². The van der Waals surface area contributed by atoms with Crippen LogP contribution in [0.1, 0.15) is 29.8 Å². The van der Waals surface area contributed by atoms with E-state index in [-0.39, 0.29) is 29.1 Å². The Morgan fingerprint density at radius 3 is 2.95 bits per heavy atom. The van der Waals surface area contributed by atoms with Crippen molar-refractivity contribution in [2.24, 2.45) is 5.92 Å². The summed E-state index contributed by atoms with van der Waals surface area (Å²) in [7, 11) is 0. The average Bonchev–Trinajstić information content (AvgIpc) is 2.84. The van der Waals surface area contributed by atoms with E-state index in [0.717, 1.165) is 6.42 Å². The van der Waals surface area contributed by atoms with Gasteiger partial charge in [0, 0.05) is 19.5 Å². The van der Waals surface area contributed by atoms with Crippen LogP contribution in [-0.2, 0) is 4.79 Å². The number of hydrogen-bond donors (Lipinski definition) is 1. The van der Waals surface area contributed by atoms with E-state index in [0.29, 0.717) is 19.5 Å². The molecule has 0 spiro atoms. The van der Waals surface area contributed by atoms with E-state index in [4.69, 9.17) is 16.7 Å². The summed E-state index contributed by atoms with van der Waals surface area (Å²) in [4.78, 5) is 32.1. The number of carbonyl (C=O) groups is 2. The monoisotopic (exact) mass is 283 g/mol. The first kappa shape index (κ1) is 13.7. The fourth-order valence-corrected chi connectivity index (χ4v) is 2.33. The van der Waals surface area contributed by atoms with Gasteiger partial charge in [0.05, 0.1) is 12.4 Å². The normalized spacial score (nSPS) is 18.6. The molecule has 0 saturated carbocycles. The molecule has 1 fully saturated rings. The van der Waals surface area contributed by atoms with Crippen molar-refractivity contribution < 1.29 is 14.7 Å². The summed E-state index contributed by atoms with van der Waals surface area (Å²) in [5.41, 5.74) is 0.228. The second-order valence-corrected chi connectivity index (χ2v) is 4.95. The number of carbonyl (C=O) groups excluding carboxylic acids is 1. The van der Waals surface area contributed by atoms with Gasteiger partial charge in [0.15, 0.2) is 0 Å². The molecule has 1 amide bonds. The van der Waals surface area contributed by atoms with Crippen molar-refractivity contribution in [2.75, 3.05) is 13.1 Å². The van der Waals surface area contributed by atoms with Gasteiger partial charge in [-0.25, -0.2) is 4.98 Å². The zero-order valence-corrected chi connectivity index (χ0v) is 11.0. The first-order valence-electron chi connectivity index (χ1n) is 6.05. The zero-order chi connectivity index (χ0) is 13.8. The van der Waals surface area contributed by atoms with E-state index in [1.165, 1.54) is 12.4 Å². The molecule has 19 heavy (non-hydrogen) atoms. The van der Waals surface area contributed by atoms with Crippen molar-refractivity contribution in [3.63, 3.8) is 0 Å². The van der Waals surface area contributed by atoms with E-state index >= 15 is 0 Å². The van der Waals surface area contributed by atoms with Gasteiger partial charge in [-0.05, 0) is 18.8 Å². The third kappa shape index (κ3) is 3.64. The van der Waals surface area contributed by atoms with E-state index in [2.05, 4.69) is 9.97 Å². The molecule has 1 unspecified atom stereocenters. The maximum atomic E-state index is 12.1. The van der Waals surface area contributed by atoms with Crippen LogP contribution in [0.25, 0.3) is 0 Å². The molecule has 102 valence electrons. The van der Waals surface area contributed by atoms with E-state index in [9.17, 15) is 9.59 Å². The lowest BCUT2D eigenvalue weighted by molar-refractivity contribution is -0.137. The van der Waals surface area contributed by atoms with Crippen LogP contribution in [0.2, 0.25) is 5.15 Å². The van der Waals surface area contributed by atoms with Gasteiger partial charge < -0.3 is 10.0 Å². The van der Waals surface area contributed by atoms with Crippen LogP contribution in [0.15, 0.2) is 12.4 Å². The molecular weight excluding hydrogens is 270 g/mol. The lowest BCUT2D eigenvalue weighted by Crippen LogP contribution is -2.29. The highest BCUT2D eigenvalue weighted by Gasteiger charge is 2.28. The van der Waals surface area contributed by atoms with Gasteiger partial charge in [0.1, 0.15) is 10.8 Å². The van der Waals surface area contributed by atoms with Gasteiger partial charge in [-0.1, -0.05) is 11.6 Å². The number of aromatic nitrogens is 2. The number of halogens is 1. The fourth-order valence-electron chi connectivity index (χ4n) is 2.19. The Kier molecular flexibility index (Phi) is 4.31. The van der Waals surface area contributed by atoms with E-state index in [1.54, 1.807) is 4.90 Å². The smallest absolute Gasteiger partial charge is 0.303 e. The highest BCUT2D eigenvalue weighted by Crippen LogP contribution is 2.22. The predicted octanol–water partition coefficient (Wildman–Crippen LogP) is 1.46. The standard InChI is InChI=1S/C12H14ClN3O3/c13-10-6-14-5-9(15-10)12(19)16-4-3-8(7-16)1-2-11(17)18/h5-6,8H,1-4,7H2,(H,17,18). The Balaban J connectivity index is 1.93. The van der Waals surface area contributed by atoms with Crippen molar-refractivity contribution in [2.45, 2.75) is 19.3 Å². The van der Waals surface area contributed by atoms with Crippen LogP contribution >= 0.6 is 11.6 Å². The minimum absolute atomic E-state index is 0.143. The summed E-state index contributed by atoms with van der Waals surface area (Å²) < 4.78 is 0. The number of likely N-dealkylation sites (tertiary alicyclic amines) is 1. The molecule has 1 aliphatic heterocycles. The molecule has 1 aromatic rings. The van der Waals surface area contributed by atoms with E-state index in [1.807, 2.05) is 0 Å². The number of carboxylic acids is 1. The van der Waals surface area contributed by atoms with Crippen LogP contribution in [0.3, 0.4) is 0 Å². The van der Waals surface area contributed by atoms with Crippen LogP contribution in [0.5, 0.6) is 0 Å². The Morgan fingerprint density at radius 1 is 1.47 bits per heavy atom. The van der Waals surface area contributed by atoms with Crippen LogP contribution in [-0.4, -0.2) is 44.9 Å². The van der Waals surface area contributed by atoms with Gasteiger partial charge in [0.2, 0.25) is 0 Å². The molecule has 0 bridgehead atoms. The maximum absolute atomic E-state index is 12.1. The Morgan fingerprint density at radius 2 is 2.26 bits per heavy atom. The molecule has 1 N–H and O–H groups in total. The molecule has 0 radical (unpaired) electrons.